The van der Waals surface area contributed by atoms with Gasteiger partial charge in [-0.25, -0.2) is 0 Å². The van der Waals surface area contributed by atoms with Gasteiger partial charge in [0.05, 0.1) is 13.2 Å². The lowest BCUT2D eigenvalue weighted by Crippen LogP contribution is -2.35. The number of rotatable bonds is 7. The Morgan fingerprint density at radius 2 is 1.56 bits per heavy atom. The zero-order valence-electron chi connectivity index (χ0n) is 10.3. The van der Waals surface area contributed by atoms with E-state index in [1.165, 1.54) is 0 Å². The summed E-state index contributed by atoms with van der Waals surface area (Å²) < 4.78 is 9.67. The summed E-state index contributed by atoms with van der Waals surface area (Å²) in [5, 5.41) is 2.91. The molecular formula is C11H20NO4. The Balaban J connectivity index is 4.60. The summed E-state index contributed by atoms with van der Waals surface area (Å²) in [6.07, 6.45) is 0. The third kappa shape index (κ3) is 4.61. The van der Waals surface area contributed by atoms with Crippen molar-refractivity contribution in [2.75, 3.05) is 26.8 Å². The zero-order valence-corrected chi connectivity index (χ0v) is 10.3. The van der Waals surface area contributed by atoms with Crippen LogP contribution >= 0.6 is 0 Å². The molecule has 0 aliphatic heterocycles. The highest BCUT2D eigenvalue weighted by Crippen LogP contribution is 2.17. The quantitative estimate of drug-likeness (QED) is 0.511. The molecule has 5 heteroatoms. The minimum atomic E-state index is -0.594. The van der Waals surface area contributed by atoms with Crippen molar-refractivity contribution in [1.29, 1.82) is 0 Å². The van der Waals surface area contributed by atoms with Crippen LogP contribution in [0, 0.1) is 11.8 Å². The second-order valence-corrected chi connectivity index (χ2v) is 3.31. The second kappa shape index (κ2) is 8.10. The van der Waals surface area contributed by atoms with Gasteiger partial charge in [0.1, 0.15) is 0 Å². The van der Waals surface area contributed by atoms with E-state index < -0.39 is 11.9 Å². The molecule has 0 fully saturated rings. The fourth-order valence-electron chi connectivity index (χ4n) is 1.31. The van der Waals surface area contributed by atoms with Crippen LogP contribution in [0.2, 0.25) is 0 Å². The zero-order chi connectivity index (χ0) is 12.6. The Morgan fingerprint density at radius 3 is 1.88 bits per heavy atom. The third-order valence-corrected chi connectivity index (χ3v) is 1.99. The van der Waals surface area contributed by atoms with Crippen LogP contribution in [0.5, 0.6) is 0 Å². The monoisotopic (exact) mass is 230 g/mol. The van der Waals surface area contributed by atoms with Gasteiger partial charge < -0.3 is 14.8 Å². The first-order valence-electron chi connectivity index (χ1n) is 5.44. The van der Waals surface area contributed by atoms with Crippen molar-refractivity contribution in [3.8, 4) is 0 Å². The maximum absolute atomic E-state index is 11.6. The van der Waals surface area contributed by atoms with E-state index >= 15 is 0 Å². The van der Waals surface area contributed by atoms with Crippen molar-refractivity contribution < 1.29 is 19.1 Å². The van der Waals surface area contributed by atoms with Crippen molar-refractivity contribution >= 4 is 11.9 Å². The maximum atomic E-state index is 11.6. The summed E-state index contributed by atoms with van der Waals surface area (Å²) in [7, 11) is 1.75. The Labute approximate surface area is 96.5 Å². The van der Waals surface area contributed by atoms with Gasteiger partial charge in [-0.1, -0.05) is 6.92 Å². The molecule has 1 N–H and O–H groups in total. The van der Waals surface area contributed by atoms with Gasteiger partial charge in [-0.2, -0.15) is 0 Å². The van der Waals surface area contributed by atoms with Crippen molar-refractivity contribution in [3.05, 3.63) is 5.92 Å². The van der Waals surface area contributed by atoms with Crippen LogP contribution in [0.1, 0.15) is 20.8 Å². The highest BCUT2D eigenvalue weighted by molar-refractivity contribution is 6.10. The van der Waals surface area contributed by atoms with E-state index in [-0.39, 0.29) is 25.0 Å². The Bertz CT molecular complexity index is 212. The molecule has 5 nitrogen and oxygen atoms in total. The Hall–Kier alpha value is -1.10. The standard InChI is InChI=1S/C11H20NO4/c1-5-15-10(13)9(8(3)7-12-4)11(14)16-6-2/h8,12H,5-7H2,1-4H3/t8-/m1/s1. The van der Waals surface area contributed by atoms with Crippen LogP contribution in [0.15, 0.2) is 0 Å². The molecule has 0 aromatic heterocycles. The fraction of sp³-hybridized carbons (Fsp3) is 0.727. The van der Waals surface area contributed by atoms with Crippen molar-refractivity contribution in [1.82, 2.24) is 5.32 Å². The van der Waals surface area contributed by atoms with Crippen LogP contribution in [0.4, 0.5) is 0 Å². The Morgan fingerprint density at radius 1 is 1.12 bits per heavy atom. The average Bonchev–Trinajstić information content (AvgIpc) is 2.19. The van der Waals surface area contributed by atoms with Gasteiger partial charge in [0, 0.05) is 0 Å². The molecule has 0 aliphatic carbocycles. The van der Waals surface area contributed by atoms with E-state index in [4.69, 9.17) is 9.47 Å². The van der Waals surface area contributed by atoms with Crippen LogP contribution in [0.25, 0.3) is 0 Å². The lowest BCUT2D eigenvalue weighted by atomic mass is 9.94. The lowest BCUT2D eigenvalue weighted by molar-refractivity contribution is -0.151. The molecule has 93 valence electrons. The van der Waals surface area contributed by atoms with Crippen molar-refractivity contribution in [2.24, 2.45) is 5.92 Å². The second-order valence-electron chi connectivity index (χ2n) is 3.31. The molecule has 0 aliphatic rings. The number of hydrogen-bond donors (Lipinski definition) is 1. The minimum absolute atomic E-state index is 0.0676. The lowest BCUT2D eigenvalue weighted by Gasteiger charge is -2.19. The van der Waals surface area contributed by atoms with E-state index in [0.29, 0.717) is 6.54 Å². The van der Waals surface area contributed by atoms with E-state index in [9.17, 15) is 9.59 Å². The van der Waals surface area contributed by atoms with Gasteiger partial charge in [0.15, 0.2) is 5.92 Å². The fourth-order valence-corrected chi connectivity index (χ4v) is 1.31. The normalized spacial score (nSPS) is 12.3. The van der Waals surface area contributed by atoms with E-state index in [1.807, 2.05) is 0 Å². The Kier molecular flexibility index (Phi) is 7.54. The molecule has 0 saturated carbocycles. The van der Waals surface area contributed by atoms with E-state index in [0.717, 1.165) is 0 Å². The van der Waals surface area contributed by atoms with Crippen LogP contribution < -0.4 is 5.32 Å². The molecule has 0 spiro atoms. The largest absolute Gasteiger partial charge is 0.465 e. The number of ether oxygens (including phenoxy) is 2. The highest BCUT2D eigenvalue weighted by Gasteiger charge is 2.35. The molecule has 0 unspecified atom stereocenters. The predicted molar refractivity (Wildman–Crippen MR) is 59.6 cm³/mol. The van der Waals surface area contributed by atoms with Gasteiger partial charge >= 0.3 is 11.9 Å². The molecule has 0 amide bonds. The van der Waals surface area contributed by atoms with Gasteiger partial charge in [-0.15, -0.1) is 0 Å². The summed E-state index contributed by atoms with van der Waals surface area (Å²) in [5.74, 6) is -1.35. The topological polar surface area (TPSA) is 64.6 Å². The molecular weight excluding hydrogens is 210 g/mol. The third-order valence-electron chi connectivity index (χ3n) is 1.99. The van der Waals surface area contributed by atoms with Gasteiger partial charge in [-0.05, 0) is 33.4 Å². The summed E-state index contributed by atoms with van der Waals surface area (Å²) in [6.45, 7) is 6.18. The average molecular weight is 230 g/mol. The summed E-state index contributed by atoms with van der Waals surface area (Å²) >= 11 is 0. The number of carbonyl (C=O) groups excluding carboxylic acids is 2. The summed E-state index contributed by atoms with van der Waals surface area (Å²) in [4.78, 5) is 23.2. The summed E-state index contributed by atoms with van der Waals surface area (Å²) in [6, 6.07) is 0. The maximum Gasteiger partial charge on any atom is 0.325 e. The predicted octanol–water partition coefficient (Wildman–Crippen LogP) is 0.543. The van der Waals surface area contributed by atoms with Gasteiger partial charge in [0.25, 0.3) is 0 Å². The van der Waals surface area contributed by atoms with Crippen molar-refractivity contribution in [3.63, 3.8) is 0 Å². The number of carbonyl (C=O) groups is 2. The number of esters is 2. The molecule has 0 bridgehead atoms. The molecule has 0 aromatic rings. The molecule has 0 heterocycles. The highest BCUT2D eigenvalue weighted by atomic mass is 16.6. The van der Waals surface area contributed by atoms with Crippen LogP contribution in [-0.4, -0.2) is 38.7 Å². The van der Waals surface area contributed by atoms with E-state index in [2.05, 4.69) is 5.32 Å². The molecule has 1 atom stereocenters. The number of nitrogens with one attached hydrogen (secondary N) is 1. The summed E-state index contributed by atoms with van der Waals surface area (Å²) in [5.41, 5.74) is 0. The smallest absolute Gasteiger partial charge is 0.325 e. The minimum Gasteiger partial charge on any atom is -0.465 e. The first-order chi connectivity index (χ1) is 7.58. The van der Waals surface area contributed by atoms with Crippen LogP contribution in [-0.2, 0) is 19.1 Å². The molecule has 16 heavy (non-hydrogen) atoms. The van der Waals surface area contributed by atoms with Crippen LogP contribution in [0.3, 0.4) is 0 Å². The van der Waals surface area contributed by atoms with E-state index in [1.54, 1.807) is 27.8 Å². The first kappa shape index (κ1) is 14.9. The molecule has 0 rings (SSSR count). The van der Waals surface area contributed by atoms with Crippen molar-refractivity contribution in [2.45, 2.75) is 20.8 Å². The number of hydrogen-bond acceptors (Lipinski definition) is 5. The first-order valence-corrected chi connectivity index (χ1v) is 5.44. The SMILES string of the molecule is CCOC(=O)[C](C(=O)OCC)[C@H](C)CNC. The molecule has 1 radical (unpaired) electrons. The molecule has 0 aromatic carbocycles. The van der Waals surface area contributed by atoms with Gasteiger partial charge in [0.2, 0.25) is 0 Å². The molecule has 0 saturated heterocycles. The van der Waals surface area contributed by atoms with Gasteiger partial charge in [-0.3, -0.25) is 9.59 Å².